The fraction of sp³-hybridized carbons (Fsp3) is 0.818. The lowest BCUT2D eigenvalue weighted by atomic mass is 10.2. The van der Waals surface area contributed by atoms with Gasteiger partial charge in [0.05, 0.1) is 0 Å². The Kier molecular flexibility index (Phi) is 7.54. The molecule has 0 aromatic carbocycles. The number of rotatable bonds is 7. The second kappa shape index (κ2) is 8.10. The van der Waals surface area contributed by atoms with E-state index in [1.54, 1.807) is 0 Å². The third-order valence-corrected chi connectivity index (χ3v) is 1.91. The molecule has 0 heterocycles. The summed E-state index contributed by atoms with van der Waals surface area (Å²) in [6.45, 7) is 5.99. The number of hydrogen-bond donors (Lipinski definition) is 2. The van der Waals surface area contributed by atoms with Crippen molar-refractivity contribution in [1.29, 1.82) is 0 Å². The van der Waals surface area contributed by atoms with Crippen LogP contribution >= 0.6 is 0 Å². The zero-order chi connectivity index (χ0) is 12.6. The highest BCUT2D eigenvalue weighted by Gasteiger charge is 2.08. The summed E-state index contributed by atoms with van der Waals surface area (Å²) in [5.41, 5.74) is 0. The average molecular weight is 229 g/mol. The van der Waals surface area contributed by atoms with Crippen LogP contribution in [0.3, 0.4) is 0 Å². The maximum absolute atomic E-state index is 11.3. The summed E-state index contributed by atoms with van der Waals surface area (Å²) in [5.74, 6) is -0.0279. The molecular formula is C11H23N3O2. The maximum atomic E-state index is 11.3. The van der Waals surface area contributed by atoms with E-state index in [0.29, 0.717) is 19.0 Å². The van der Waals surface area contributed by atoms with Gasteiger partial charge in [-0.05, 0) is 20.0 Å². The van der Waals surface area contributed by atoms with Gasteiger partial charge in [0, 0.05) is 19.6 Å². The zero-order valence-electron chi connectivity index (χ0n) is 10.7. The van der Waals surface area contributed by atoms with Gasteiger partial charge < -0.3 is 15.5 Å². The van der Waals surface area contributed by atoms with E-state index in [9.17, 15) is 9.59 Å². The normalized spacial score (nSPS) is 10.6. The minimum Gasteiger partial charge on any atom is -0.355 e. The summed E-state index contributed by atoms with van der Waals surface area (Å²) in [6.07, 6.45) is -0.0832. The molecule has 5 nitrogen and oxygen atoms in total. The highest BCUT2D eigenvalue weighted by molar-refractivity contribution is 5.96. The minimum atomic E-state index is -0.219. The van der Waals surface area contributed by atoms with Crippen molar-refractivity contribution in [3.8, 4) is 0 Å². The number of carbonyl (C=O) groups is 2. The Morgan fingerprint density at radius 1 is 1.12 bits per heavy atom. The van der Waals surface area contributed by atoms with Gasteiger partial charge in [0.2, 0.25) is 11.8 Å². The Hall–Kier alpha value is -1.10. The standard InChI is InChI=1S/C11H23N3O2/c1-9(2)8-13-11(16)7-10(15)12-5-6-14(3)4/h9H,5-8H2,1-4H3,(H,12,15)(H,13,16). The summed E-state index contributed by atoms with van der Waals surface area (Å²) in [6, 6.07) is 0. The molecule has 0 aliphatic carbocycles. The third-order valence-electron chi connectivity index (χ3n) is 1.91. The van der Waals surface area contributed by atoms with E-state index in [-0.39, 0.29) is 18.2 Å². The quantitative estimate of drug-likeness (QED) is 0.596. The molecule has 0 rings (SSSR count). The van der Waals surface area contributed by atoms with Gasteiger partial charge in [-0.25, -0.2) is 0 Å². The molecule has 2 N–H and O–H groups in total. The average Bonchev–Trinajstić information content (AvgIpc) is 2.14. The topological polar surface area (TPSA) is 61.4 Å². The second-order valence-electron chi connectivity index (χ2n) is 4.53. The van der Waals surface area contributed by atoms with Crippen LogP contribution in [0.15, 0.2) is 0 Å². The predicted molar refractivity (Wildman–Crippen MR) is 64.0 cm³/mol. The molecule has 94 valence electrons. The van der Waals surface area contributed by atoms with Crippen molar-refractivity contribution >= 4 is 11.8 Å². The zero-order valence-corrected chi connectivity index (χ0v) is 10.7. The SMILES string of the molecule is CC(C)CNC(=O)CC(=O)NCCN(C)C. The fourth-order valence-electron chi connectivity index (χ4n) is 1.01. The molecule has 0 spiro atoms. The van der Waals surface area contributed by atoms with Crippen LogP contribution in [0.2, 0.25) is 0 Å². The summed E-state index contributed by atoms with van der Waals surface area (Å²) in [7, 11) is 3.86. The van der Waals surface area contributed by atoms with Crippen LogP contribution in [0.25, 0.3) is 0 Å². The van der Waals surface area contributed by atoms with Gasteiger partial charge in [0.25, 0.3) is 0 Å². The smallest absolute Gasteiger partial charge is 0.229 e. The molecule has 5 heteroatoms. The summed E-state index contributed by atoms with van der Waals surface area (Å²) < 4.78 is 0. The van der Waals surface area contributed by atoms with Crippen LogP contribution < -0.4 is 10.6 Å². The Morgan fingerprint density at radius 3 is 2.19 bits per heavy atom. The van der Waals surface area contributed by atoms with Gasteiger partial charge in [-0.15, -0.1) is 0 Å². The van der Waals surface area contributed by atoms with E-state index in [1.807, 2.05) is 32.8 Å². The van der Waals surface area contributed by atoms with E-state index >= 15 is 0 Å². The fourth-order valence-corrected chi connectivity index (χ4v) is 1.01. The van der Waals surface area contributed by atoms with E-state index in [2.05, 4.69) is 10.6 Å². The lowest BCUT2D eigenvalue weighted by molar-refractivity contribution is -0.129. The second-order valence-corrected chi connectivity index (χ2v) is 4.53. The van der Waals surface area contributed by atoms with Gasteiger partial charge in [-0.2, -0.15) is 0 Å². The number of nitrogens with zero attached hydrogens (tertiary/aromatic N) is 1. The first kappa shape index (κ1) is 14.9. The lowest BCUT2D eigenvalue weighted by Gasteiger charge is -2.11. The molecule has 0 saturated carbocycles. The maximum Gasteiger partial charge on any atom is 0.229 e. The van der Waals surface area contributed by atoms with Crippen molar-refractivity contribution in [2.45, 2.75) is 20.3 Å². The molecule has 0 aromatic rings. The van der Waals surface area contributed by atoms with Crippen molar-refractivity contribution in [2.24, 2.45) is 5.92 Å². The molecule has 0 aliphatic heterocycles. The van der Waals surface area contributed by atoms with Crippen LogP contribution in [0.5, 0.6) is 0 Å². The first-order chi connectivity index (χ1) is 7.41. The number of hydrogen-bond acceptors (Lipinski definition) is 3. The molecule has 0 aromatic heterocycles. The van der Waals surface area contributed by atoms with Gasteiger partial charge in [0.1, 0.15) is 6.42 Å². The van der Waals surface area contributed by atoms with Crippen molar-refractivity contribution in [3.05, 3.63) is 0 Å². The predicted octanol–water partition coefficient (Wildman–Crippen LogP) is -0.173. The van der Waals surface area contributed by atoms with E-state index in [0.717, 1.165) is 6.54 Å². The monoisotopic (exact) mass is 229 g/mol. The van der Waals surface area contributed by atoms with Crippen molar-refractivity contribution < 1.29 is 9.59 Å². The van der Waals surface area contributed by atoms with Crippen molar-refractivity contribution in [1.82, 2.24) is 15.5 Å². The highest BCUT2D eigenvalue weighted by Crippen LogP contribution is 1.88. The molecule has 0 fully saturated rings. The first-order valence-corrected chi connectivity index (χ1v) is 5.60. The minimum absolute atomic E-state index is 0.0832. The van der Waals surface area contributed by atoms with Crippen LogP contribution in [0, 0.1) is 5.92 Å². The van der Waals surface area contributed by atoms with E-state index in [4.69, 9.17) is 0 Å². The van der Waals surface area contributed by atoms with Crippen LogP contribution in [-0.2, 0) is 9.59 Å². The van der Waals surface area contributed by atoms with Crippen LogP contribution in [0.1, 0.15) is 20.3 Å². The first-order valence-electron chi connectivity index (χ1n) is 5.60. The Balaban J connectivity index is 3.58. The van der Waals surface area contributed by atoms with E-state index < -0.39 is 0 Å². The van der Waals surface area contributed by atoms with Crippen LogP contribution in [-0.4, -0.2) is 50.4 Å². The summed E-state index contributed by atoms with van der Waals surface area (Å²) in [4.78, 5) is 24.5. The van der Waals surface area contributed by atoms with Crippen molar-refractivity contribution in [3.63, 3.8) is 0 Å². The number of likely N-dealkylation sites (N-methyl/N-ethyl adjacent to an activating group) is 1. The molecule has 0 bridgehead atoms. The summed E-state index contributed by atoms with van der Waals surface area (Å²) in [5, 5.41) is 5.39. The number of nitrogens with one attached hydrogen (secondary N) is 2. The van der Waals surface area contributed by atoms with Gasteiger partial charge in [-0.1, -0.05) is 13.8 Å². The third kappa shape index (κ3) is 9.45. The Morgan fingerprint density at radius 2 is 1.69 bits per heavy atom. The molecule has 0 atom stereocenters. The van der Waals surface area contributed by atoms with E-state index in [1.165, 1.54) is 0 Å². The Bertz CT molecular complexity index is 227. The molecular weight excluding hydrogens is 206 g/mol. The largest absolute Gasteiger partial charge is 0.355 e. The highest BCUT2D eigenvalue weighted by atomic mass is 16.2. The summed E-state index contributed by atoms with van der Waals surface area (Å²) >= 11 is 0. The lowest BCUT2D eigenvalue weighted by Crippen LogP contribution is -2.36. The molecule has 0 saturated heterocycles. The molecule has 2 amide bonds. The molecule has 0 aliphatic rings. The Labute approximate surface area is 97.6 Å². The van der Waals surface area contributed by atoms with Gasteiger partial charge >= 0.3 is 0 Å². The van der Waals surface area contributed by atoms with Crippen molar-refractivity contribution in [2.75, 3.05) is 33.7 Å². The van der Waals surface area contributed by atoms with Crippen LogP contribution in [0.4, 0.5) is 0 Å². The van der Waals surface area contributed by atoms with Gasteiger partial charge in [0.15, 0.2) is 0 Å². The number of carbonyl (C=O) groups excluding carboxylic acids is 2. The molecule has 0 unspecified atom stereocenters. The molecule has 0 radical (unpaired) electrons. The molecule has 16 heavy (non-hydrogen) atoms. The number of amides is 2. The van der Waals surface area contributed by atoms with Gasteiger partial charge in [-0.3, -0.25) is 9.59 Å².